The number of carbonyl (C=O) groups excluding carboxylic acids is 1. The quantitative estimate of drug-likeness (QED) is 0.581. The van der Waals surface area contributed by atoms with E-state index in [1.807, 2.05) is 55.5 Å². The zero-order chi connectivity index (χ0) is 23.4. The van der Waals surface area contributed by atoms with E-state index in [-0.39, 0.29) is 23.0 Å². The molecule has 0 aromatic heterocycles. The van der Waals surface area contributed by atoms with E-state index in [0.29, 0.717) is 13.1 Å². The fourth-order valence-electron chi connectivity index (χ4n) is 4.18. The Kier molecular flexibility index (Phi) is 6.81. The maximum absolute atomic E-state index is 13.6. The summed E-state index contributed by atoms with van der Waals surface area (Å²) in [6, 6.07) is 21.5. The van der Waals surface area contributed by atoms with Crippen LogP contribution in [0.25, 0.3) is 0 Å². The van der Waals surface area contributed by atoms with Crippen LogP contribution in [0.4, 0.5) is 0 Å². The second-order valence-corrected chi connectivity index (χ2v) is 9.98. The highest BCUT2D eigenvalue weighted by Crippen LogP contribution is 2.26. The molecule has 3 aromatic carbocycles. The molecular weight excluding hydrogens is 436 g/mol. The van der Waals surface area contributed by atoms with Crippen LogP contribution in [0.1, 0.15) is 22.3 Å². The molecule has 3 aromatic rings. The molecule has 0 aliphatic carbocycles. The number of rotatable bonds is 7. The van der Waals surface area contributed by atoms with Crippen LogP contribution in [0.15, 0.2) is 77.7 Å². The molecule has 0 spiro atoms. The van der Waals surface area contributed by atoms with Gasteiger partial charge in [0.25, 0.3) is 0 Å². The third-order valence-electron chi connectivity index (χ3n) is 5.93. The molecule has 0 radical (unpaired) electrons. The van der Waals surface area contributed by atoms with Crippen LogP contribution >= 0.6 is 0 Å². The van der Waals surface area contributed by atoms with Crippen molar-refractivity contribution in [1.82, 2.24) is 9.62 Å². The number of amides is 1. The summed E-state index contributed by atoms with van der Waals surface area (Å²) in [6.07, 6.45) is 1.00. The number of aryl methyl sites for hydroxylation is 1. The third-order valence-corrected chi connectivity index (χ3v) is 7.42. The van der Waals surface area contributed by atoms with Crippen LogP contribution < -0.4 is 9.46 Å². The first-order valence-corrected chi connectivity index (χ1v) is 12.4. The molecule has 4 rings (SSSR count). The number of fused-ring (bicyclic) bond motifs is 1. The normalized spacial score (nSPS) is 14.4. The topological polar surface area (TPSA) is 75.7 Å². The average Bonchev–Trinajstić information content (AvgIpc) is 2.83. The predicted molar refractivity (Wildman–Crippen MR) is 128 cm³/mol. The van der Waals surface area contributed by atoms with Gasteiger partial charge in [-0.1, -0.05) is 60.7 Å². The van der Waals surface area contributed by atoms with E-state index in [9.17, 15) is 13.2 Å². The smallest absolute Gasteiger partial charge is 0.244 e. The Morgan fingerprint density at radius 1 is 1.03 bits per heavy atom. The van der Waals surface area contributed by atoms with Gasteiger partial charge in [0.15, 0.2) is 0 Å². The summed E-state index contributed by atoms with van der Waals surface area (Å²) in [7, 11) is -2.58. The van der Waals surface area contributed by atoms with Crippen molar-refractivity contribution in [3.05, 3.63) is 95.1 Å². The number of hydrogen-bond donors (Lipinski definition) is 1. The highest BCUT2D eigenvalue weighted by molar-refractivity contribution is 7.89. The third kappa shape index (κ3) is 5.26. The molecule has 0 fully saturated rings. The molecule has 0 bridgehead atoms. The van der Waals surface area contributed by atoms with Gasteiger partial charge >= 0.3 is 0 Å². The lowest BCUT2D eigenvalue weighted by Crippen LogP contribution is -2.50. The largest absolute Gasteiger partial charge is 0.495 e. The zero-order valence-electron chi connectivity index (χ0n) is 18.8. The Labute approximate surface area is 195 Å². The number of nitrogens with zero attached hydrogens (tertiary/aromatic N) is 1. The zero-order valence-corrected chi connectivity index (χ0v) is 19.6. The van der Waals surface area contributed by atoms with Crippen molar-refractivity contribution >= 4 is 15.9 Å². The van der Waals surface area contributed by atoms with Crippen LogP contribution in [0.3, 0.4) is 0 Å². The molecule has 0 saturated heterocycles. The molecule has 1 amide bonds. The minimum atomic E-state index is -4.01. The standard InChI is InChI=1S/C26H28N2O4S/c1-19-12-13-24(32-2)25(16-19)33(30,31)27-23(17-20-8-4-3-5-9-20)26(29)28-15-14-21-10-6-7-11-22(21)18-28/h3-13,16,23,27H,14-15,17-18H2,1-2H3. The fraction of sp³-hybridized carbons (Fsp3) is 0.269. The van der Waals surface area contributed by atoms with Gasteiger partial charge in [-0.05, 0) is 54.2 Å². The Bertz CT molecular complexity index is 1240. The molecule has 1 N–H and O–H groups in total. The SMILES string of the molecule is COc1ccc(C)cc1S(=O)(=O)NC(Cc1ccccc1)C(=O)N1CCc2ccccc2C1. The van der Waals surface area contributed by atoms with Crippen molar-refractivity contribution in [1.29, 1.82) is 0 Å². The number of nitrogens with one attached hydrogen (secondary N) is 1. The van der Waals surface area contributed by atoms with Gasteiger partial charge in [0, 0.05) is 13.1 Å². The predicted octanol–water partition coefficient (Wildman–Crippen LogP) is 3.48. The Hall–Kier alpha value is -3.16. The maximum atomic E-state index is 13.6. The van der Waals surface area contributed by atoms with Gasteiger partial charge in [-0.25, -0.2) is 8.42 Å². The fourth-order valence-corrected chi connectivity index (χ4v) is 5.62. The second-order valence-electron chi connectivity index (χ2n) is 8.30. The van der Waals surface area contributed by atoms with Gasteiger partial charge in [0.1, 0.15) is 16.7 Å². The van der Waals surface area contributed by atoms with Gasteiger partial charge in [0.2, 0.25) is 15.9 Å². The number of carbonyl (C=O) groups is 1. The number of methoxy groups -OCH3 is 1. The van der Waals surface area contributed by atoms with Gasteiger partial charge in [0.05, 0.1) is 7.11 Å². The molecule has 1 aliphatic heterocycles. The summed E-state index contributed by atoms with van der Waals surface area (Å²) in [5.74, 6) is 0.00876. The van der Waals surface area contributed by atoms with Crippen LogP contribution in [0.5, 0.6) is 5.75 Å². The van der Waals surface area contributed by atoms with E-state index in [0.717, 1.165) is 23.1 Å². The lowest BCUT2D eigenvalue weighted by atomic mass is 9.98. The second kappa shape index (κ2) is 9.77. The van der Waals surface area contributed by atoms with Crippen molar-refractivity contribution < 1.29 is 17.9 Å². The van der Waals surface area contributed by atoms with Gasteiger partial charge < -0.3 is 9.64 Å². The van der Waals surface area contributed by atoms with E-state index in [4.69, 9.17) is 4.74 Å². The Balaban J connectivity index is 1.64. The Morgan fingerprint density at radius 3 is 2.45 bits per heavy atom. The van der Waals surface area contributed by atoms with Crippen LogP contribution in [-0.4, -0.2) is 38.9 Å². The average molecular weight is 465 g/mol. The first-order chi connectivity index (χ1) is 15.9. The van der Waals surface area contributed by atoms with Gasteiger partial charge in [-0.15, -0.1) is 0 Å². The van der Waals surface area contributed by atoms with E-state index in [1.165, 1.54) is 12.7 Å². The molecular formula is C26H28N2O4S. The molecule has 1 aliphatic rings. The van der Waals surface area contributed by atoms with Crippen molar-refractivity contribution in [2.45, 2.75) is 37.2 Å². The lowest BCUT2D eigenvalue weighted by molar-refractivity contribution is -0.133. The first kappa shape index (κ1) is 23.0. The molecule has 7 heteroatoms. The lowest BCUT2D eigenvalue weighted by Gasteiger charge is -2.32. The highest BCUT2D eigenvalue weighted by Gasteiger charge is 2.32. The van der Waals surface area contributed by atoms with Crippen molar-refractivity contribution in [3.63, 3.8) is 0 Å². The molecule has 1 atom stereocenters. The van der Waals surface area contributed by atoms with Gasteiger partial charge in [-0.3, -0.25) is 4.79 Å². The number of sulfonamides is 1. The minimum absolute atomic E-state index is 0.0276. The molecule has 1 heterocycles. The van der Waals surface area contributed by atoms with Crippen molar-refractivity contribution in [2.75, 3.05) is 13.7 Å². The van der Waals surface area contributed by atoms with E-state index in [1.54, 1.807) is 23.1 Å². The maximum Gasteiger partial charge on any atom is 0.244 e. The molecule has 6 nitrogen and oxygen atoms in total. The molecule has 172 valence electrons. The number of benzene rings is 3. The number of ether oxygens (including phenoxy) is 1. The minimum Gasteiger partial charge on any atom is -0.495 e. The summed E-state index contributed by atoms with van der Waals surface area (Å²) in [5, 5.41) is 0. The summed E-state index contributed by atoms with van der Waals surface area (Å²) in [5.41, 5.74) is 3.99. The summed E-state index contributed by atoms with van der Waals surface area (Å²) < 4.78 is 34.7. The monoisotopic (exact) mass is 464 g/mol. The summed E-state index contributed by atoms with van der Waals surface area (Å²) in [4.78, 5) is 15.4. The Morgan fingerprint density at radius 2 is 1.73 bits per heavy atom. The summed E-state index contributed by atoms with van der Waals surface area (Å²) >= 11 is 0. The molecule has 1 unspecified atom stereocenters. The first-order valence-electron chi connectivity index (χ1n) is 10.9. The van der Waals surface area contributed by atoms with E-state index < -0.39 is 16.1 Å². The van der Waals surface area contributed by atoms with Crippen LogP contribution in [0.2, 0.25) is 0 Å². The van der Waals surface area contributed by atoms with E-state index >= 15 is 0 Å². The summed E-state index contributed by atoms with van der Waals surface area (Å²) in [6.45, 7) is 2.84. The molecule has 0 saturated carbocycles. The van der Waals surface area contributed by atoms with Crippen molar-refractivity contribution in [3.8, 4) is 5.75 Å². The van der Waals surface area contributed by atoms with Crippen LogP contribution in [-0.2, 0) is 34.2 Å². The highest BCUT2D eigenvalue weighted by atomic mass is 32.2. The van der Waals surface area contributed by atoms with Gasteiger partial charge in [-0.2, -0.15) is 4.72 Å². The van der Waals surface area contributed by atoms with Crippen LogP contribution in [0, 0.1) is 6.92 Å². The number of hydrogen-bond acceptors (Lipinski definition) is 4. The van der Waals surface area contributed by atoms with Crippen molar-refractivity contribution in [2.24, 2.45) is 0 Å². The molecule has 33 heavy (non-hydrogen) atoms. The van der Waals surface area contributed by atoms with E-state index in [2.05, 4.69) is 10.8 Å².